The number of hydrogen-bond donors (Lipinski definition) is 2. The summed E-state index contributed by atoms with van der Waals surface area (Å²) in [6, 6.07) is 9.77. The Morgan fingerprint density at radius 2 is 2.18 bits per heavy atom. The van der Waals surface area contributed by atoms with Crippen LogP contribution >= 0.6 is 0 Å². The zero-order valence-electron chi connectivity index (χ0n) is 9.69. The maximum atomic E-state index is 11.2. The molecule has 0 spiro atoms. The highest BCUT2D eigenvalue weighted by atomic mass is 16.5. The van der Waals surface area contributed by atoms with Gasteiger partial charge in [0.1, 0.15) is 5.54 Å². The molecule has 0 unspecified atom stereocenters. The quantitative estimate of drug-likeness (QED) is 0.810. The third-order valence-electron chi connectivity index (χ3n) is 3.11. The molecule has 4 nitrogen and oxygen atoms in total. The molecule has 2 N–H and O–H groups in total. The molecule has 1 aliphatic rings. The smallest absolute Gasteiger partial charge is 0.326 e. The summed E-state index contributed by atoms with van der Waals surface area (Å²) in [6.07, 6.45) is 1.53. The Morgan fingerprint density at radius 1 is 1.41 bits per heavy atom. The Hall–Kier alpha value is -1.39. The van der Waals surface area contributed by atoms with Gasteiger partial charge in [-0.3, -0.25) is 10.1 Å². The molecule has 1 aromatic carbocycles. The molecule has 1 aliphatic heterocycles. The molecule has 1 atom stereocenters. The van der Waals surface area contributed by atoms with E-state index < -0.39 is 11.5 Å². The molecule has 1 aromatic rings. The van der Waals surface area contributed by atoms with Gasteiger partial charge in [-0.25, -0.2) is 0 Å². The van der Waals surface area contributed by atoms with Gasteiger partial charge in [0.25, 0.3) is 0 Å². The standard InChI is InChI=1S/C13H17NO3/c15-12(16)13(7-4-8-14-13)10-17-9-11-5-2-1-3-6-11/h1-3,5-6,14H,4,7-10H2,(H,15,16)/t13-/m0/s1. The van der Waals surface area contributed by atoms with E-state index in [1.54, 1.807) is 0 Å². The fourth-order valence-corrected chi connectivity index (χ4v) is 2.09. The molecule has 92 valence electrons. The molecular formula is C13H17NO3. The number of carboxylic acids is 1. The first kappa shape index (κ1) is 12.1. The van der Waals surface area contributed by atoms with Crippen LogP contribution in [0, 0.1) is 0 Å². The molecule has 0 amide bonds. The highest BCUT2D eigenvalue weighted by Crippen LogP contribution is 2.20. The van der Waals surface area contributed by atoms with Crippen LogP contribution in [0.5, 0.6) is 0 Å². The summed E-state index contributed by atoms with van der Waals surface area (Å²) >= 11 is 0. The molecule has 1 fully saturated rings. The van der Waals surface area contributed by atoms with E-state index >= 15 is 0 Å². The molecule has 1 saturated heterocycles. The summed E-state index contributed by atoms with van der Waals surface area (Å²) in [5, 5.41) is 12.2. The van der Waals surface area contributed by atoms with Crippen molar-refractivity contribution in [3.8, 4) is 0 Å². The first-order valence-corrected chi connectivity index (χ1v) is 5.83. The molecule has 0 saturated carbocycles. The van der Waals surface area contributed by atoms with Gasteiger partial charge in [-0.15, -0.1) is 0 Å². The molecule has 2 rings (SSSR count). The summed E-state index contributed by atoms with van der Waals surface area (Å²) in [6.45, 7) is 1.43. The van der Waals surface area contributed by atoms with Crippen molar-refractivity contribution < 1.29 is 14.6 Å². The van der Waals surface area contributed by atoms with Gasteiger partial charge in [0.2, 0.25) is 0 Å². The topological polar surface area (TPSA) is 58.6 Å². The fourth-order valence-electron chi connectivity index (χ4n) is 2.09. The van der Waals surface area contributed by atoms with Gasteiger partial charge < -0.3 is 9.84 Å². The lowest BCUT2D eigenvalue weighted by molar-refractivity contribution is -0.147. The van der Waals surface area contributed by atoms with Gasteiger partial charge in [0, 0.05) is 0 Å². The van der Waals surface area contributed by atoms with Crippen LogP contribution in [-0.4, -0.2) is 29.8 Å². The van der Waals surface area contributed by atoms with Crippen LogP contribution < -0.4 is 5.32 Å². The zero-order valence-corrected chi connectivity index (χ0v) is 9.69. The number of carboxylic acid groups (broad SMARTS) is 1. The minimum Gasteiger partial charge on any atom is -0.480 e. The number of ether oxygens (including phenoxy) is 1. The Balaban J connectivity index is 1.87. The second-order valence-corrected chi connectivity index (χ2v) is 4.40. The van der Waals surface area contributed by atoms with Gasteiger partial charge in [0.05, 0.1) is 13.2 Å². The van der Waals surface area contributed by atoms with Crippen LogP contribution in [0.15, 0.2) is 30.3 Å². The van der Waals surface area contributed by atoms with E-state index in [4.69, 9.17) is 4.74 Å². The Labute approximate surface area is 101 Å². The second-order valence-electron chi connectivity index (χ2n) is 4.40. The van der Waals surface area contributed by atoms with Crippen molar-refractivity contribution in [2.24, 2.45) is 0 Å². The van der Waals surface area contributed by atoms with Crippen molar-refractivity contribution in [1.29, 1.82) is 0 Å². The third kappa shape index (κ3) is 2.84. The van der Waals surface area contributed by atoms with Crippen LogP contribution in [0.3, 0.4) is 0 Å². The van der Waals surface area contributed by atoms with E-state index in [-0.39, 0.29) is 6.61 Å². The largest absolute Gasteiger partial charge is 0.480 e. The predicted molar refractivity (Wildman–Crippen MR) is 63.7 cm³/mol. The van der Waals surface area contributed by atoms with E-state index in [1.165, 1.54) is 0 Å². The third-order valence-corrected chi connectivity index (χ3v) is 3.11. The summed E-state index contributed by atoms with van der Waals surface area (Å²) in [5.74, 6) is -0.817. The number of hydrogen-bond acceptors (Lipinski definition) is 3. The van der Waals surface area contributed by atoms with Crippen molar-refractivity contribution in [1.82, 2.24) is 5.32 Å². The van der Waals surface area contributed by atoms with Gasteiger partial charge in [-0.05, 0) is 24.9 Å². The molecule has 17 heavy (non-hydrogen) atoms. The van der Waals surface area contributed by atoms with E-state index in [1.807, 2.05) is 30.3 Å². The van der Waals surface area contributed by atoms with Crippen molar-refractivity contribution in [2.75, 3.05) is 13.2 Å². The van der Waals surface area contributed by atoms with Crippen LogP contribution in [0.2, 0.25) is 0 Å². The maximum absolute atomic E-state index is 11.2. The minimum atomic E-state index is -0.880. The second kappa shape index (κ2) is 5.29. The number of carbonyl (C=O) groups is 1. The summed E-state index contributed by atoms with van der Waals surface area (Å²) in [4.78, 5) is 11.2. The van der Waals surface area contributed by atoms with Crippen LogP contribution in [-0.2, 0) is 16.1 Å². The van der Waals surface area contributed by atoms with Crippen LogP contribution in [0.4, 0.5) is 0 Å². The van der Waals surface area contributed by atoms with Crippen LogP contribution in [0.1, 0.15) is 18.4 Å². The lowest BCUT2D eigenvalue weighted by Gasteiger charge is -2.24. The lowest BCUT2D eigenvalue weighted by Crippen LogP contribution is -2.51. The molecular weight excluding hydrogens is 218 g/mol. The normalized spacial score (nSPS) is 23.8. The highest BCUT2D eigenvalue weighted by Gasteiger charge is 2.41. The molecule has 0 aliphatic carbocycles. The molecule has 0 radical (unpaired) electrons. The SMILES string of the molecule is O=C(O)[C@@]1(COCc2ccccc2)CCCN1. The lowest BCUT2D eigenvalue weighted by atomic mass is 9.99. The summed E-state index contributed by atoms with van der Waals surface area (Å²) < 4.78 is 5.52. The first-order valence-electron chi connectivity index (χ1n) is 5.83. The highest BCUT2D eigenvalue weighted by molar-refractivity contribution is 5.79. The number of rotatable bonds is 5. The molecule has 0 aromatic heterocycles. The maximum Gasteiger partial charge on any atom is 0.326 e. The van der Waals surface area contributed by atoms with Gasteiger partial charge in [-0.1, -0.05) is 30.3 Å². The molecule has 0 bridgehead atoms. The van der Waals surface area contributed by atoms with Crippen LogP contribution in [0.25, 0.3) is 0 Å². The van der Waals surface area contributed by atoms with E-state index in [0.717, 1.165) is 18.5 Å². The summed E-state index contributed by atoms with van der Waals surface area (Å²) in [7, 11) is 0. The first-order chi connectivity index (χ1) is 8.23. The Kier molecular flexibility index (Phi) is 3.76. The van der Waals surface area contributed by atoms with Crippen molar-refractivity contribution in [3.05, 3.63) is 35.9 Å². The number of nitrogens with one attached hydrogen (secondary N) is 1. The van der Waals surface area contributed by atoms with E-state index in [2.05, 4.69) is 5.32 Å². The van der Waals surface area contributed by atoms with E-state index in [0.29, 0.717) is 13.0 Å². The van der Waals surface area contributed by atoms with Crippen molar-refractivity contribution in [3.63, 3.8) is 0 Å². The van der Waals surface area contributed by atoms with Crippen molar-refractivity contribution in [2.45, 2.75) is 25.0 Å². The van der Waals surface area contributed by atoms with Gasteiger partial charge in [-0.2, -0.15) is 0 Å². The predicted octanol–water partition coefficient (Wildman–Crippen LogP) is 1.41. The Morgan fingerprint density at radius 3 is 2.76 bits per heavy atom. The monoisotopic (exact) mass is 235 g/mol. The molecule has 4 heteroatoms. The zero-order chi connectivity index (χ0) is 12.1. The van der Waals surface area contributed by atoms with Gasteiger partial charge in [0.15, 0.2) is 0 Å². The van der Waals surface area contributed by atoms with E-state index in [9.17, 15) is 9.90 Å². The minimum absolute atomic E-state index is 0.219. The van der Waals surface area contributed by atoms with Crippen molar-refractivity contribution >= 4 is 5.97 Å². The average Bonchev–Trinajstić information content (AvgIpc) is 2.80. The average molecular weight is 235 g/mol. The number of benzene rings is 1. The fraction of sp³-hybridized carbons (Fsp3) is 0.462. The molecule has 1 heterocycles. The van der Waals surface area contributed by atoms with Gasteiger partial charge >= 0.3 is 5.97 Å². The summed E-state index contributed by atoms with van der Waals surface area (Å²) in [5.41, 5.74) is 0.181. The number of aliphatic carboxylic acids is 1. The Bertz CT molecular complexity index is 372.